The molecule has 1 N–H and O–H groups in total. The van der Waals surface area contributed by atoms with E-state index in [1.807, 2.05) is 22.9 Å². The molecule has 1 aliphatic rings. The lowest BCUT2D eigenvalue weighted by Crippen LogP contribution is -2.28. The van der Waals surface area contributed by atoms with Crippen LogP contribution in [0, 0.1) is 0 Å². The molecule has 2 heterocycles. The smallest absolute Gasteiger partial charge is 0.175 e. The molecule has 1 aromatic heterocycles. The van der Waals surface area contributed by atoms with E-state index in [2.05, 4.69) is 10.3 Å². The number of aromatic nitrogens is 2. The zero-order valence-electron chi connectivity index (χ0n) is 12.0. The molecule has 1 aliphatic heterocycles. The lowest BCUT2D eigenvalue weighted by Gasteiger charge is -2.24. The number of imidazole rings is 1. The van der Waals surface area contributed by atoms with Gasteiger partial charge >= 0.3 is 0 Å². The molecule has 3 rings (SSSR count). The van der Waals surface area contributed by atoms with Gasteiger partial charge in [-0.15, -0.1) is 0 Å². The van der Waals surface area contributed by atoms with E-state index in [9.17, 15) is 8.42 Å². The van der Waals surface area contributed by atoms with Crippen LogP contribution in [0.3, 0.4) is 0 Å². The van der Waals surface area contributed by atoms with Crippen LogP contribution in [0.15, 0.2) is 41.7 Å². The maximum atomic E-state index is 11.5. The zero-order valence-corrected chi connectivity index (χ0v) is 12.8. The first kappa shape index (κ1) is 14.3. The van der Waals surface area contributed by atoms with Crippen LogP contribution in [0.25, 0.3) is 5.69 Å². The topological polar surface area (TPSA) is 64.0 Å². The monoisotopic (exact) mass is 305 g/mol. The number of nitrogens with zero attached hydrogens (tertiary/aromatic N) is 2. The van der Waals surface area contributed by atoms with Crippen molar-refractivity contribution in [3.63, 3.8) is 0 Å². The van der Waals surface area contributed by atoms with Gasteiger partial charge in [0, 0.05) is 18.0 Å². The largest absolute Gasteiger partial charge is 0.309 e. The molecule has 1 aromatic carbocycles. The fraction of sp³-hybridized carbons (Fsp3) is 0.400. The molecule has 0 saturated carbocycles. The second-order valence-corrected chi connectivity index (χ2v) is 7.47. The number of piperidine rings is 1. The first-order valence-electron chi connectivity index (χ1n) is 7.12. The third kappa shape index (κ3) is 3.01. The van der Waals surface area contributed by atoms with E-state index in [0.717, 1.165) is 24.3 Å². The lowest BCUT2D eigenvalue weighted by atomic mass is 10.0. The fourth-order valence-electron chi connectivity index (χ4n) is 2.74. The SMILES string of the molecule is CS(=O)(=O)c1ccc(-n2cncc2C2CCCCN2)cc1. The molecule has 21 heavy (non-hydrogen) atoms. The van der Waals surface area contributed by atoms with Crippen molar-refractivity contribution in [2.24, 2.45) is 0 Å². The quantitative estimate of drug-likeness (QED) is 0.943. The summed E-state index contributed by atoms with van der Waals surface area (Å²) in [4.78, 5) is 4.59. The van der Waals surface area contributed by atoms with Gasteiger partial charge in [0.1, 0.15) is 0 Å². The van der Waals surface area contributed by atoms with Crippen molar-refractivity contribution in [3.8, 4) is 5.69 Å². The molecule has 0 amide bonds. The molecule has 0 spiro atoms. The Morgan fingerprint density at radius 3 is 2.62 bits per heavy atom. The summed E-state index contributed by atoms with van der Waals surface area (Å²) >= 11 is 0. The van der Waals surface area contributed by atoms with Crippen molar-refractivity contribution in [2.75, 3.05) is 12.8 Å². The highest BCUT2D eigenvalue weighted by molar-refractivity contribution is 7.90. The van der Waals surface area contributed by atoms with Gasteiger partial charge in [0.15, 0.2) is 9.84 Å². The predicted octanol–water partition coefficient (Wildman–Crippen LogP) is 2.09. The molecular weight excluding hydrogens is 286 g/mol. The third-order valence-electron chi connectivity index (χ3n) is 3.88. The van der Waals surface area contributed by atoms with Gasteiger partial charge in [0.05, 0.1) is 23.1 Å². The van der Waals surface area contributed by atoms with Gasteiger partial charge in [0.25, 0.3) is 0 Å². The summed E-state index contributed by atoms with van der Waals surface area (Å²) < 4.78 is 25.1. The molecule has 2 aromatic rings. The van der Waals surface area contributed by atoms with Crippen molar-refractivity contribution in [1.29, 1.82) is 0 Å². The van der Waals surface area contributed by atoms with Crippen molar-refractivity contribution >= 4 is 9.84 Å². The van der Waals surface area contributed by atoms with Crippen molar-refractivity contribution < 1.29 is 8.42 Å². The summed E-state index contributed by atoms with van der Waals surface area (Å²) in [7, 11) is -3.16. The van der Waals surface area contributed by atoms with Crippen molar-refractivity contribution in [1.82, 2.24) is 14.9 Å². The van der Waals surface area contributed by atoms with Gasteiger partial charge in [-0.25, -0.2) is 13.4 Å². The fourth-order valence-corrected chi connectivity index (χ4v) is 3.37. The molecule has 5 nitrogen and oxygen atoms in total. The van der Waals surface area contributed by atoms with Crippen LogP contribution in [0.2, 0.25) is 0 Å². The Labute approximate surface area is 124 Å². The van der Waals surface area contributed by atoms with Gasteiger partial charge in [-0.2, -0.15) is 0 Å². The first-order chi connectivity index (χ1) is 10.1. The van der Waals surface area contributed by atoms with E-state index in [0.29, 0.717) is 10.9 Å². The normalized spacial score (nSPS) is 19.6. The minimum absolute atomic E-state index is 0.316. The van der Waals surface area contributed by atoms with Gasteiger partial charge in [-0.1, -0.05) is 6.42 Å². The summed E-state index contributed by atoms with van der Waals surface area (Å²) in [5, 5.41) is 3.51. The number of sulfone groups is 1. The Hall–Kier alpha value is -1.66. The first-order valence-corrected chi connectivity index (χ1v) is 9.01. The average molecular weight is 305 g/mol. The van der Waals surface area contributed by atoms with Crippen molar-refractivity contribution in [2.45, 2.75) is 30.2 Å². The van der Waals surface area contributed by atoms with E-state index < -0.39 is 9.84 Å². The minimum Gasteiger partial charge on any atom is -0.309 e. The second-order valence-electron chi connectivity index (χ2n) is 5.46. The van der Waals surface area contributed by atoms with E-state index >= 15 is 0 Å². The predicted molar refractivity (Wildman–Crippen MR) is 81.3 cm³/mol. The maximum Gasteiger partial charge on any atom is 0.175 e. The summed E-state index contributed by atoms with van der Waals surface area (Å²) in [6.07, 6.45) is 8.42. The van der Waals surface area contributed by atoms with Crippen LogP contribution in [-0.2, 0) is 9.84 Å². The van der Waals surface area contributed by atoms with Crippen LogP contribution in [-0.4, -0.2) is 30.8 Å². The standard InChI is InChI=1S/C15H19N3O2S/c1-21(19,20)13-7-5-12(6-8-13)18-11-16-10-15(18)14-4-2-3-9-17-14/h5-8,10-11,14,17H,2-4,9H2,1H3. The Kier molecular flexibility index (Phi) is 3.82. The van der Waals surface area contributed by atoms with Crippen LogP contribution < -0.4 is 5.32 Å². The van der Waals surface area contributed by atoms with Gasteiger partial charge < -0.3 is 9.88 Å². The number of rotatable bonds is 3. The molecule has 1 fully saturated rings. The third-order valence-corrected chi connectivity index (χ3v) is 5.01. The molecule has 1 saturated heterocycles. The zero-order chi connectivity index (χ0) is 14.9. The highest BCUT2D eigenvalue weighted by atomic mass is 32.2. The van der Waals surface area contributed by atoms with E-state index in [-0.39, 0.29) is 0 Å². The van der Waals surface area contributed by atoms with Gasteiger partial charge in [0.2, 0.25) is 0 Å². The molecular formula is C15H19N3O2S. The Morgan fingerprint density at radius 2 is 2.00 bits per heavy atom. The molecule has 0 radical (unpaired) electrons. The second kappa shape index (κ2) is 5.61. The van der Waals surface area contributed by atoms with Crippen LogP contribution in [0.1, 0.15) is 31.0 Å². The van der Waals surface area contributed by atoms with Crippen LogP contribution in [0.5, 0.6) is 0 Å². The van der Waals surface area contributed by atoms with E-state index in [4.69, 9.17) is 0 Å². The summed E-state index contributed by atoms with van der Waals surface area (Å²) in [5.74, 6) is 0. The summed E-state index contributed by atoms with van der Waals surface area (Å²) in [6.45, 7) is 1.03. The number of benzene rings is 1. The lowest BCUT2D eigenvalue weighted by molar-refractivity contribution is 0.402. The number of nitrogens with one attached hydrogen (secondary N) is 1. The maximum absolute atomic E-state index is 11.5. The molecule has 6 heteroatoms. The van der Waals surface area contributed by atoms with E-state index in [1.54, 1.807) is 18.5 Å². The number of hydrogen-bond acceptors (Lipinski definition) is 4. The summed E-state index contributed by atoms with van der Waals surface area (Å²) in [5.41, 5.74) is 2.06. The van der Waals surface area contributed by atoms with E-state index in [1.165, 1.54) is 19.1 Å². The Morgan fingerprint density at radius 1 is 1.24 bits per heavy atom. The van der Waals surface area contributed by atoms with Crippen LogP contribution >= 0.6 is 0 Å². The molecule has 1 atom stereocenters. The van der Waals surface area contributed by atoms with Crippen molar-refractivity contribution in [3.05, 3.63) is 42.5 Å². The Balaban J connectivity index is 1.92. The van der Waals surface area contributed by atoms with Crippen LogP contribution in [0.4, 0.5) is 0 Å². The average Bonchev–Trinajstić information content (AvgIpc) is 2.97. The summed E-state index contributed by atoms with van der Waals surface area (Å²) in [6, 6.07) is 7.25. The Bertz CT molecular complexity index is 714. The molecule has 1 unspecified atom stereocenters. The van der Waals surface area contributed by atoms with Gasteiger partial charge in [-0.3, -0.25) is 0 Å². The highest BCUT2D eigenvalue weighted by Gasteiger charge is 2.19. The molecule has 112 valence electrons. The van der Waals surface area contributed by atoms with Gasteiger partial charge in [-0.05, 0) is 43.7 Å². The number of hydrogen-bond donors (Lipinski definition) is 1. The minimum atomic E-state index is -3.16. The molecule has 0 bridgehead atoms. The molecule has 0 aliphatic carbocycles. The highest BCUT2D eigenvalue weighted by Crippen LogP contribution is 2.25.